The van der Waals surface area contributed by atoms with E-state index < -0.39 is 5.97 Å². The molecule has 70 valence electrons. The molecule has 0 aromatic carbocycles. The molecular weight excluding hydrogens is 154 g/mol. The van der Waals surface area contributed by atoms with Gasteiger partial charge in [-0.3, -0.25) is 4.79 Å². The lowest BCUT2D eigenvalue weighted by Gasteiger charge is -2.27. The number of hydrogen-bond donors (Lipinski definition) is 2. The fourth-order valence-electron chi connectivity index (χ4n) is 2.00. The zero-order valence-electron chi connectivity index (χ0n) is 7.98. The summed E-state index contributed by atoms with van der Waals surface area (Å²) >= 11 is 0. The molecule has 1 rings (SSSR count). The highest BCUT2D eigenvalue weighted by molar-refractivity contribution is 5.68. The summed E-state index contributed by atoms with van der Waals surface area (Å²) in [5.74, 6) is -0.720. The molecule has 1 atom stereocenters. The van der Waals surface area contributed by atoms with Crippen molar-refractivity contribution in [2.24, 2.45) is 0 Å². The van der Waals surface area contributed by atoms with E-state index in [1.807, 2.05) is 6.92 Å². The van der Waals surface area contributed by atoms with Crippen LogP contribution in [0.15, 0.2) is 0 Å². The molecule has 1 aliphatic heterocycles. The van der Waals surface area contributed by atoms with Gasteiger partial charge in [-0.2, -0.15) is 0 Å². The molecule has 0 aromatic rings. The topological polar surface area (TPSA) is 49.3 Å². The van der Waals surface area contributed by atoms with Crippen LogP contribution in [0, 0.1) is 0 Å². The smallest absolute Gasteiger partial charge is 0.305 e. The van der Waals surface area contributed by atoms with Crippen molar-refractivity contribution in [3.8, 4) is 0 Å². The van der Waals surface area contributed by atoms with Gasteiger partial charge in [0.25, 0.3) is 0 Å². The van der Waals surface area contributed by atoms with Crippen LogP contribution in [0.5, 0.6) is 0 Å². The summed E-state index contributed by atoms with van der Waals surface area (Å²) in [7, 11) is 0. The lowest BCUT2D eigenvalue weighted by atomic mass is 9.96. The highest BCUT2D eigenvalue weighted by Gasteiger charge is 2.39. The van der Waals surface area contributed by atoms with E-state index in [-0.39, 0.29) is 17.5 Å². The van der Waals surface area contributed by atoms with Crippen molar-refractivity contribution in [3.05, 3.63) is 0 Å². The van der Waals surface area contributed by atoms with Crippen LogP contribution in [-0.4, -0.2) is 22.2 Å². The fourth-order valence-corrected chi connectivity index (χ4v) is 2.00. The van der Waals surface area contributed by atoms with Crippen molar-refractivity contribution < 1.29 is 9.90 Å². The summed E-state index contributed by atoms with van der Waals surface area (Å²) in [6, 6.07) is 0. The third-order valence-electron chi connectivity index (χ3n) is 2.48. The summed E-state index contributed by atoms with van der Waals surface area (Å²) in [4.78, 5) is 10.5. The molecule has 0 aromatic heterocycles. The number of carbonyl (C=O) groups is 1. The molecule has 1 unspecified atom stereocenters. The van der Waals surface area contributed by atoms with E-state index >= 15 is 0 Å². The van der Waals surface area contributed by atoms with Crippen LogP contribution >= 0.6 is 0 Å². The van der Waals surface area contributed by atoms with Crippen LogP contribution in [0.1, 0.15) is 40.0 Å². The molecule has 1 fully saturated rings. The lowest BCUT2D eigenvalue weighted by Crippen LogP contribution is -2.46. The summed E-state index contributed by atoms with van der Waals surface area (Å²) in [5, 5.41) is 12.0. The Balaban J connectivity index is 2.58. The van der Waals surface area contributed by atoms with E-state index in [0.717, 1.165) is 12.8 Å². The number of nitrogens with one attached hydrogen (secondary N) is 1. The summed E-state index contributed by atoms with van der Waals surface area (Å²) in [6.45, 7) is 6.20. The first-order valence-corrected chi connectivity index (χ1v) is 4.34. The van der Waals surface area contributed by atoms with Crippen molar-refractivity contribution in [1.82, 2.24) is 5.32 Å². The Kier molecular flexibility index (Phi) is 2.17. The molecule has 0 aliphatic carbocycles. The first kappa shape index (κ1) is 9.52. The van der Waals surface area contributed by atoms with E-state index in [1.165, 1.54) is 0 Å². The van der Waals surface area contributed by atoms with Crippen LogP contribution in [0.2, 0.25) is 0 Å². The Labute approximate surface area is 73.2 Å². The van der Waals surface area contributed by atoms with Gasteiger partial charge in [0.05, 0.1) is 6.42 Å². The second-order valence-corrected chi connectivity index (χ2v) is 4.64. The van der Waals surface area contributed by atoms with Crippen molar-refractivity contribution >= 4 is 5.97 Å². The lowest BCUT2D eigenvalue weighted by molar-refractivity contribution is -0.138. The molecule has 3 nitrogen and oxygen atoms in total. The van der Waals surface area contributed by atoms with Crippen molar-refractivity contribution in [2.45, 2.75) is 51.1 Å². The van der Waals surface area contributed by atoms with Crippen LogP contribution in [0.4, 0.5) is 0 Å². The third-order valence-corrected chi connectivity index (χ3v) is 2.48. The van der Waals surface area contributed by atoms with E-state index in [2.05, 4.69) is 19.2 Å². The molecule has 1 heterocycles. The Morgan fingerprint density at radius 2 is 2.00 bits per heavy atom. The van der Waals surface area contributed by atoms with E-state index in [9.17, 15) is 4.79 Å². The van der Waals surface area contributed by atoms with Gasteiger partial charge < -0.3 is 10.4 Å². The molecule has 0 saturated carbocycles. The quantitative estimate of drug-likeness (QED) is 0.660. The Morgan fingerprint density at radius 1 is 1.42 bits per heavy atom. The third kappa shape index (κ3) is 2.21. The van der Waals surface area contributed by atoms with Crippen molar-refractivity contribution in [3.63, 3.8) is 0 Å². The first-order chi connectivity index (χ1) is 5.33. The normalized spacial score (nSPS) is 33.6. The standard InChI is InChI=1S/C9H17NO2/c1-8(2)4-5-9(3,10-8)6-7(11)12/h10H,4-6H2,1-3H3,(H,11,12). The SMILES string of the molecule is CC1(C)CCC(C)(CC(=O)O)N1. The van der Waals surface area contributed by atoms with Gasteiger partial charge in [-0.05, 0) is 33.6 Å². The maximum atomic E-state index is 10.5. The Bertz CT molecular complexity index is 201. The van der Waals surface area contributed by atoms with Gasteiger partial charge >= 0.3 is 5.97 Å². The Morgan fingerprint density at radius 3 is 2.33 bits per heavy atom. The van der Waals surface area contributed by atoms with Gasteiger partial charge in [0, 0.05) is 11.1 Å². The van der Waals surface area contributed by atoms with Gasteiger partial charge in [-0.25, -0.2) is 0 Å². The molecule has 1 saturated heterocycles. The predicted molar refractivity (Wildman–Crippen MR) is 47.1 cm³/mol. The van der Waals surface area contributed by atoms with Crippen LogP contribution < -0.4 is 5.32 Å². The first-order valence-electron chi connectivity index (χ1n) is 4.34. The van der Waals surface area contributed by atoms with Gasteiger partial charge in [0.15, 0.2) is 0 Å². The molecule has 1 aliphatic rings. The number of aliphatic carboxylic acids is 1. The van der Waals surface area contributed by atoms with Crippen molar-refractivity contribution in [1.29, 1.82) is 0 Å². The van der Waals surface area contributed by atoms with E-state index in [1.54, 1.807) is 0 Å². The van der Waals surface area contributed by atoms with Gasteiger partial charge in [-0.15, -0.1) is 0 Å². The molecule has 12 heavy (non-hydrogen) atoms. The van der Waals surface area contributed by atoms with Crippen LogP contribution in [-0.2, 0) is 4.79 Å². The van der Waals surface area contributed by atoms with Crippen molar-refractivity contribution in [2.75, 3.05) is 0 Å². The highest BCUT2D eigenvalue weighted by atomic mass is 16.4. The average Bonchev–Trinajstić information content (AvgIpc) is 2.03. The van der Waals surface area contributed by atoms with Gasteiger partial charge in [0.1, 0.15) is 0 Å². The fraction of sp³-hybridized carbons (Fsp3) is 0.889. The van der Waals surface area contributed by atoms with Crippen LogP contribution in [0.3, 0.4) is 0 Å². The zero-order chi connectivity index (χ0) is 9.41. The molecule has 3 heteroatoms. The number of carboxylic acid groups (broad SMARTS) is 1. The summed E-state index contributed by atoms with van der Waals surface area (Å²) in [6.07, 6.45) is 2.22. The van der Waals surface area contributed by atoms with E-state index in [0.29, 0.717) is 0 Å². The molecule has 0 bridgehead atoms. The Hall–Kier alpha value is -0.570. The molecular formula is C9H17NO2. The maximum Gasteiger partial charge on any atom is 0.305 e. The summed E-state index contributed by atoms with van der Waals surface area (Å²) in [5.41, 5.74) is -0.0977. The summed E-state index contributed by atoms with van der Waals surface area (Å²) < 4.78 is 0. The van der Waals surface area contributed by atoms with Gasteiger partial charge in [-0.1, -0.05) is 0 Å². The predicted octanol–water partition coefficient (Wildman–Crippen LogP) is 1.38. The largest absolute Gasteiger partial charge is 0.481 e. The highest BCUT2D eigenvalue weighted by Crippen LogP contribution is 2.32. The molecule has 0 amide bonds. The molecule has 2 N–H and O–H groups in total. The molecule has 0 spiro atoms. The van der Waals surface area contributed by atoms with E-state index in [4.69, 9.17) is 5.11 Å². The number of rotatable bonds is 2. The second kappa shape index (κ2) is 2.73. The average molecular weight is 171 g/mol. The monoisotopic (exact) mass is 171 g/mol. The minimum atomic E-state index is -0.720. The molecule has 0 radical (unpaired) electrons. The number of hydrogen-bond acceptors (Lipinski definition) is 2. The van der Waals surface area contributed by atoms with Gasteiger partial charge in [0.2, 0.25) is 0 Å². The zero-order valence-corrected chi connectivity index (χ0v) is 7.98. The maximum absolute atomic E-state index is 10.5. The van der Waals surface area contributed by atoms with Crippen LogP contribution in [0.25, 0.3) is 0 Å². The minimum absolute atomic E-state index is 0.101. The minimum Gasteiger partial charge on any atom is -0.481 e. The second-order valence-electron chi connectivity index (χ2n) is 4.64. The number of carboxylic acids is 1.